The molecule has 1 heterocycles. The Morgan fingerprint density at radius 3 is 2.41 bits per heavy atom. The lowest BCUT2D eigenvalue weighted by atomic mass is 10.1. The first-order valence-corrected chi connectivity index (χ1v) is 8.26. The minimum Gasteiger partial charge on any atom is -0.497 e. The molecule has 0 saturated carbocycles. The molecule has 0 spiro atoms. The third kappa shape index (κ3) is 4.47. The zero-order valence-corrected chi connectivity index (χ0v) is 15.0. The maximum atomic E-state index is 12.1. The molecule has 0 saturated heterocycles. The van der Waals surface area contributed by atoms with Gasteiger partial charge in [0.05, 0.1) is 7.11 Å². The van der Waals surface area contributed by atoms with E-state index in [2.05, 4.69) is 5.32 Å². The maximum Gasteiger partial charge on any atom is 0.264 e. The summed E-state index contributed by atoms with van der Waals surface area (Å²) in [5, 5.41) is 11.9. The zero-order valence-electron chi connectivity index (χ0n) is 15.0. The Bertz CT molecular complexity index is 967. The number of benzene rings is 2. The van der Waals surface area contributed by atoms with Crippen LogP contribution in [0.2, 0.25) is 0 Å². The number of hydrogen-bond acceptors (Lipinski definition) is 5. The number of nitrogens with one attached hydrogen (secondary N) is 1. The van der Waals surface area contributed by atoms with Crippen LogP contribution >= 0.6 is 0 Å². The molecule has 0 fully saturated rings. The Labute approximate surface area is 156 Å². The standard InChI is InChI=1S/C21H18N2O4/c1-14-3-7-18(8-4-14)26-13-20(24)23-21-16(12-22)11-19(27-21)15-5-9-17(25-2)10-6-15/h3-11H,13H2,1-2H3,(H,23,24). The minimum atomic E-state index is -0.414. The second-order valence-electron chi connectivity index (χ2n) is 5.84. The first-order valence-electron chi connectivity index (χ1n) is 8.26. The second-order valence-corrected chi connectivity index (χ2v) is 5.84. The van der Waals surface area contributed by atoms with Crippen LogP contribution in [0.1, 0.15) is 11.1 Å². The van der Waals surface area contributed by atoms with Gasteiger partial charge >= 0.3 is 0 Å². The summed E-state index contributed by atoms with van der Waals surface area (Å²) in [5.74, 6) is 1.47. The van der Waals surface area contributed by atoms with Crippen molar-refractivity contribution in [3.05, 3.63) is 65.7 Å². The summed E-state index contributed by atoms with van der Waals surface area (Å²) >= 11 is 0. The zero-order chi connectivity index (χ0) is 19.2. The monoisotopic (exact) mass is 362 g/mol. The molecule has 1 amide bonds. The van der Waals surface area contributed by atoms with Gasteiger partial charge in [0.1, 0.15) is 28.9 Å². The highest BCUT2D eigenvalue weighted by Crippen LogP contribution is 2.30. The fourth-order valence-corrected chi connectivity index (χ4v) is 2.41. The van der Waals surface area contributed by atoms with Gasteiger partial charge in [0.25, 0.3) is 5.91 Å². The van der Waals surface area contributed by atoms with E-state index in [1.54, 1.807) is 37.4 Å². The van der Waals surface area contributed by atoms with E-state index in [9.17, 15) is 10.1 Å². The molecular weight excluding hydrogens is 344 g/mol. The van der Waals surface area contributed by atoms with E-state index in [0.717, 1.165) is 11.1 Å². The van der Waals surface area contributed by atoms with E-state index < -0.39 is 5.91 Å². The van der Waals surface area contributed by atoms with E-state index >= 15 is 0 Å². The average Bonchev–Trinajstić information content (AvgIpc) is 3.10. The first-order chi connectivity index (χ1) is 13.1. The predicted molar refractivity (Wildman–Crippen MR) is 101 cm³/mol. The average molecular weight is 362 g/mol. The van der Waals surface area contributed by atoms with Crippen LogP contribution in [0.15, 0.2) is 59.0 Å². The van der Waals surface area contributed by atoms with Gasteiger partial charge in [-0.25, -0.2) is 0 Å². The van der Waals surface area contributed by atoms with E-state index in [-0.39, 0.29) is 18.1 Å². The molecular formula is C21H18N2O4. The van der Waals surface area contributed by atoms with Crippen molar-refractivity contribution in [1.29, 1.82) is 5.26 Å². The summed E-state index contributed by atoms with van der Waals surface area (Å²) in [7, 11) is 1.59. The second kappa shape index (κ2) is 8.11. The fraction of sp³-hybridized carbons (Fsp3) is 0.143. The van der Waals surface area contributed by atoms with Gasteiger partial charge in [-0.05, 0) is 43.3 Å². The topological polar surface area (TPSA) is 84.5 Å². The van der Waals surface area contributed by atoms with Gasteiger partial charge in [0, 0.05) is 11.6 Å². The fourth-order valence-electron chi connectivity index (χ4n) is 2.41. The molecule has 0 radical (unpaired) electrons. The van der Waals surface area contributed by atoms with Gasteiger partial charge < -0.3 is 13.9 Å². The maximum absolute atomic E-state index is 12.1. The van der Waals surface area contributed by atoms with Gasteiger partial charge in [-0.2, -0.15) is 5.26 Å². The highest BCUT2D eigenvalue weighted by atomic mass is 16.5. The molecule has 0 atom stereocenters. The molecule has 0 aliphatic rings. The molecule has 2 aromatic carbocycles. The summed E-state index contributed by atoms with van der Waals surface area (Å²) < 4.78 is 16.2. The number of nitriles is 1. The number of rotatable bonds is 6. The number of furan rings is 1. The van der Waals surface area contributed by atoms with Gasteiger partial charge in [0.2, 0.25) is 5.88 Å². The largest absolute Gasteiger partial charge is 0.497 e. The number of amides is 1. The smallest absolute Gasteiger partial charge is 0.264 e. The molecule has 3 rings (SSSR count). The van der Waals surface area contributed by atoms with Gasteiger partial charge in [0.15, 0.2) is 6.61 Å². The lowest BCUT2D eigenvalue weighted by Crippen LogP contribution is -2.20. The third-order valence-electron chi connectivity index (χ3n) is 3.87. The first kappa shape index (κ1) is 18.1. The van der Waals surface area contributed by atoms with Crippen molar-refractivity contribution in [2.75, 3.05) is 19.0 Å². The summed E-state index contributed by atoms with van der Waals surface area (Å²) in [5.41, 5.74) is 2.11. The highest BCUT2D eigenvalue weighted by Gasteiger charge is 2.15. The molecule has 0 bridgehead atoms. The minimum absolute atomic E-state index is 0.0980. The lowest BCUT2D eigenvalue weighted by molar-refractivity contribution is -0.118. The van der Waals surface area contributed by atoms with Crippen LogP contribution in [0.4, 0.5) is 5.88 Å². The van der Waals surface area contributed by atoms with Gasteiger partial charge in [-0.1, -0.05) is 17.7 Å². The van der Waals surface area contributed by atoms with E-state index in [4.69, 9.17) is 13.9 Å². The number of nitrogens with zero attached hydrogens (tertiary/aromatic N) is 1. The van der Waals surface area contributed by atoms with E-state index in [1.807, 2.05) is 37.3 Å². The van der Waals surface area contributed by atoms with E-state index in [1.165, 1.54) is 0 Å². The molecule has 136 valence electrons. The summed E-state index contributed by atoms with van der Waals surface area (Å²) in [6, 6.07) is 18.2. The normalized spacial score (nSPS) is 10.1. The predicted octanol–water partition coefficient (Wildman–Crippen LogP) is 4.15. The number of methoxy groups -OCH3 is 1. The number of hydrogen-bond donors (Lipinski definition) is 1. The van der Waals surface area contributed by atoms with Crippen LogP contribution in [-0.2, 0) is 4.79 Å². The van der Waals surface area contributed by atoms with Crippen molar-refractivity contribution in [1.82, 2.24) is 0 Å². The Hall–Kier alpha value is -3.72. The van der Waals surface area contributed by atoms with Crippen LogP contribution in [-0.4, -0.2) is 19.6 Å². The van der Waals surface area contributed by atoms with Crippen molar-refractivity contribution in [3.8, 4) is 28.9 Å². The number of carbonyl (C=O) groups excluding carboxylic acids is 1. The van der Waals surface area contributed by atoms with Crippen molar-refractivity contribution in [2.24, 2.45) is 0 Å². The van der Waals surface area contributed by atoms with E-state index in [0.29, 0.717) is 17.3 Å². The number of carbonyl (C=O) groups is 1. The third-order valence-corrected chi connectivity index (χ3v) is 3.87. The van der Waals surface area contributed by atoms with Crippen LogP contribution in [0.25, 0.3) is 11.3 Å². The molecule has 6 nitrogen and oxygen atoms in total. The van der Waals surface area contributed by atoms with Crippen molar-refractivity contribution in [3.63, 3.8) is 0 Å². The Balaban J connectivity index is 1.68. The Morgan fingerprint density at radius 1 is 1.11 bits per heavy atom. The van der Waals surface area contributed by atoms with Crippen molar-refractivity contribution < 1.29 is 18.7 Å². The SMILES string of the molecule is COc1ccc(-c2cc(C#N)c(NC(=O)COc3ccc(C)cc3)o2)cc1. The molecule has 1 N–H and O–H groups in total. The van der Waals surface area contributed by atoms with Crippen LogP contribution < -0.4 is 14.8 Å². The highest BCUT2D eigenvalue weighted by molar-refractivity contribution is 5.92. The molecule has 27 heavy (non-hydrogen) atoms. The summed E-state index contributed by atoms with van der Waals surface area (Å²) in [6.07, 6.45) is 0. The Morgan fingerprint density at radius 2 is 1.78 bits per heavy atom. The van der Waals surface area contributed by atoms with Crippen LogP contribution in [0, 0.1) is 18.3 Å². The lowest BCUT2D eigenvalue weighted by Gasteiger charge is -2.06. The van der Waals surface area contributed by atoms with Crippen LogP contribution in [0.3, 0.4) is 0 Å². The number of aryl methyl sites for hydroxylation is 1. The molecule has 1 aromatic heterocycles. The molecule has 6 heteroatoms. The summed E-state index contributed by atoms with van der Waals surface area (Å²) in [4.78, 5) is 12.1. The van der Waals surface area contributed by atoms with Gasteiger partial charge in [-0.15, -0.1) is 0 Å². The van der Waals surface area contributed by atoms with Crippen LogP contribution in [0.5, 0.6) is 11.5 Å². The Kier molecular flexibility index (Phi) is 5.43. The number of ether oxygens (including phenoxy) is 2. The van der Waals surface area contributed by atoms with Crippen molar-refractivity contribution >= 4 is 11.8 Å². The van der Waals surface area contributed by atoms with Crippen molar-refractivity contribution in [2.45, 2.75) is 6.92 Å². The summed E-state index contributed by atoms with van der Waals surface area (Å²) in [6.45, 7) is 1.78. The molecule has 0 aliphatic carbocycles. The number of anilines is 1. The van der Waals surface area contributed by atoms with Gasteiger partial charge in [-0.3, -0.25) is 10.1 Å². The quantitative estimate of drug-likeness (QED) is 0.712. The molecule has 0 unspecified atom stereocenters. The molecule has 3 aromatic rings. The molecule has 0 aliphatic heterocycles.